The molecule has 0 saturated heterocycles. The standard InChI is InChI=1S/C13H15N3O2/c1-2-12(13(17)16-14)18-10-7-9-5-3-4-6-11(9)15-8-10/h3-8,12H,2,14H2,1H3,(H,16,17). The number of hydrazine groups is 1. The van der Waals surface area contributed by atoms with E-state index < -0.39 is 6.10 Å². The lowest BCUT2D eigenvalue weighted by Crippen LogP contribution is -2.41. The van der Waals surface area contributed by atoms with E-state index in [1.165, 1.54) is 0 Å². The van der Waals surface area contributed by atoms with Crippen molar-refractivity contribution in [2.75, 3.05) is 0 Å². The summed E-state index contributed by atoms with van der Waals surface area (Å²) in [5.74, 6) is 5.31. The van der Waals surface area contributed by atoms with E-state index in [0.29, 0.717) is 12.2 Å². The van der Waals surface area contributed by atoms with Crippen molar-refractivity contribution in [3.63, 3.8) is 0 Å². The van der Waals surface area contributed by atoms with E-state index in [2.05, 4.69) is 10.4 Å². The topological polar surface area (TPSA) is 77.2 Å². The van der Waals surface area contributed by atoms with Gasteiger partial charge in [0.05, 0.1) is 11.7 Å². The van der Waals surface area contributed by atoms with Gasteiger partial charge >= 0.3 is 0 Å². The fourth-order valence-electron chi connectivity index (χ4n) is 1.69. The number of benzene rings is 1. The number of carbonyl (C=O) groups excluding carboxylic acids is 1. The second kappa shape index (κ2) is 5.46. The fourth-order valence-corrected chi connectivity index (χ4v) is 1.69. The van der Waals surface area contributed by atoms with Gasteiger partial charge in [-0.25, -0.2) is 5.84 Å². The SMILES string of the molecule is CCC(Oc1cnc2ccccc2c1)C(=O)NN. The quantitative estimate of drug-likeness (QED) is 0.484. The highest BCUT2D eigenvalue weighted by Crippen LogP contribution is 2.19. The average molecular weight is 245 g/mol. The maximum atomic E-state index is 11.4. The molecule has 1 unspecified atom stereocenters. The van der Waals surface area contributed by atoms with E-state index in [9.17, 15) is 4.79 Å². The lowest BCUT2D eigenvalue weighted by atomic mass is 10.2. The molecule has 0 aliphatic rings. The molecule has 1 heterocycles. The maximum Gasteiger partial charge on any atom is 0.274 e. The smallest absolute Gasteiger partial charge is 0.274 e. The number of nitrogens with zero attached hydrogens (tertiary/aromatic N) is 1. The van der Waals surface area contributed by atoms with E-state index in [0.717, 1.165) is 10.9 Å². The molecule has 94 valence electrons. The van der Waals surface area contributed by atoms with Crippen LogP contribution in [0.25, 0.3) is 10.9 Å². The molecular formula is C13H15N3O2. The van der Waals surface area contributed by atoms with Gasteiger partial charge in [0.2, 0.25) is 0 Å². The molecular weight excluding hydrogens is 230 g/mol. The van der Waals surface area contributed by atoms with E-state index >= 15 is 0 Å². The molecule has 2 rings (SSSR count). The second-order valence-electron chi connectivity index (χ2n) is 3.89. The number of aromatic nitrogens is 1. The van der Waals surface area contributed by atoms with Gasteiger partial charge in [0, 0.05) is 5.39 Å². The van der Waals surface area contributed by atoms with Crippen molar-refractivity contribution >= 4 is 16.8 Å². The molecule has 0 radical (unpaired) electrons. The minimum absolute atomic E-state index is 0.342. The molecule has 0 saturated carbocycles. The van der Waals surface area contributed by atoms with Gasteiger partial charge in [-0.15, -0.1) is 0 Å². The number of hydrogen-bond acceptors (Lipinski definition) is 4. The van der Waals surface area contributed by atoms with Crippen molar-refractivity contribution in [1.29, 1.82) is 0 Å². The molecule has 1 atom stereocenters. The molecule has 0 aliphatic carbocycles. The fraction of sp³-hybridized carbons (Fsp3) is 0.231. The van der Waals surface area contributed by atoms with Gasteiger partial charge in [0.25, 0.3) is 5.91 Å². The van der Waals surface area contributed by atoms with Gasteiger partial charge in [-0.2, -0.15) is 0 Å². The summed E-state index contributed by atoms with van der Waals surface area (Å²) in [7, 11) is 0. The first kappa shape index (κ1) is 12.3. The first-order chi connectivity index (χ1) is 8.74. The van der Waals surface area contributed by atoms with Crippen molar-refractivity contribution in [2.24, 2.45) is 5.84 Å². The lowest BCUT2D eigenvalue weighted by Gasteiger charge is -2.15. The van der Waals surface area contributed by atoms with Crippen LogP contribution in [-0.2, 0) is 4.79 Å². The third-order valence-electron chi connectivity index (χ3n) is 2.65. The number of carbonyl (C=O) groups is 1. The maximum absolute atomic E-state index is 11.4. The molecule has 1 aromatic heterocycles. The van der Waals surface area contributed by atoms with Gasteiger partial charge in [0.15, 0.2) is 6.10 Å². The molecule has 0 aliphatic heterocycles. The first-order valence-electron chi connectivity index (χ1n) is 5.76. The molecule has 5 heteroatoms. The van der Waals surface area contributed by atoms with Crippen LogP contribution in [0.15, 0.2) is 36.5 Å². The Labute approximate surface area is 105 Å². The Balaban J connectivity index is 2.23. The summed E-state index contributed by atoms with van der Waals surface area (Å²) in [5, 5.41) is 0.970. The average Bonchev–Trinajstić information content (AvgIpc) is 2.43. The molecule has 0 bridgehead atoms. The van der Waals surface area contributed by atoms with E-state index in [4.69, 9.17) is 10.6 Å². The number of nitrogens with two attached hydrogens (primary N) is 1. The molecule has 3 N–H and O–H groups in total. The van der Waals surface area contributed by atoms with Crippen LogP contribution in [0, 0.1) is 0 Å². The van der Waals surface area contributed by atoms with Crippen LogP contribution in [0.1, 0.15) is 13.3 Å². The summed E-state index contributed by atoms with van der Waals surface area (Å²) in [6.07, 6.45) is 1.54. The molecule has 0 spiro atoms. The zero-order chi connectivity index (χ0) is 13.0. The molecule has 5 nitrogen and oxygen atoms in total. The minimum atomic E-state index is -0.599. The highest BCUT2D eigenvalue weighted by Gasteiger charge is 2.17. The zero-order valence-electron chi connectivity index (χ0n) is 10.1. The molecule has 1 aromatic carbocycles. The van der Waals surface area contributed by atoms with Gasteiger partial charge in [-0.1, -0.05) is 25.1 Å². The van der Waals surface area contributed by atoms with E-state index in [1.807, 2.05) is 37.3 Å². The van der Waals surface area contributed by atoms with Crippen molar-refractivity contribution in [3.05, 3.63) is 36.5 Å². The highest BCUT2D eigenvalue weighted by atomic mass is 16.5. The Kier molecular flexibility index (Phi) is 3.74. The summed E-state index contributed by atoms with van der Waals surface area (Å²) in [6, 6.07) is 9.57. The van der Waals surface area contributed by atoms with Crippen molar-refractivity contribution in [3.8, 4) is 5.75 Å². The predicted octanol–water partition coefficient (Wildman–Crippen LogP) is 1.38. The normalized spacial score (nSPS) is 12.1. The first-order valence-corrected chi connectivity index (χ1v) is 5.76. The second-order valence-corrected chi connectivity index (χ2v) is 3.89. The van der Waals surface area contributed by atoms with Crippen LogP contribution in [-0.4, -0.2) is 17.0 Å². The number of para-hydroxylation sites is 1. The van der Waals surface area contributed by atoms with Crippen molar-refractivity contribution in [1.82, 2.24) is 10.4 Å². The third-order valence-corrected chi connectivity index (χ3v) is 2.65. The van der Waals surface area contributed by atoms with Gasteiger partial charge in [-0.3, -0.25) is 15.2 Å². The molecule has 1 amide bonds. The number of nitrogens with one attached hydrogen (secondary N) is 1. The number of amides is 1. The van der Waals surface area contributed by atoms with Crippen LogP contribution < -0.4 is 16.0 Å². The Morgan fingerprint density at radius 2 is 2.28 bits per heavy atom. The Morgan fingerprint density at radius 1 is 1.50 bits per heavy atom. The molecule has 2 aromatic rings. The van der Waals surface area contributed by atoms with E-state index in [-0.39, 0.29) is 5.91 Å². The minimum Gasteiger partial charge on any atom is -0.479 e. The predicted molar refractivity (Wildman–Crippen MR) is 68.8 cm³/mol. The third kappa shape index (κ3) is 2.57. The van der Waals surface area contributed by atoms with Crippen molar-refractivity contribution < 1.29 is 9.53 Å². The largest absolute Gasteiger partial charge is 0.479 e. The summed E-state index contributed by atoms with van der Waals surface area (Å²) in [5.41, 5.74) is 2.98. The van der Waals surface area contributed by atoms with Crippen LogP contribution >= 0.6 is 0 Å². The lowest BCUT2D eigenvalue weighted by molar-refractivity contribution is -0.128. The number of fused-ring (bicyclic) bond motifs is 1. The van der Waals surface area contributed by atoms with Crippen LogP contribution in [0.3, 0.4) is 0 Å². The Hall–Kier alpha value is -2.14. The van der Waals surface area contributed by atoms with Gasteiger partial charge in [-0.05, 0) is 18.6 Å². The number of pyridine rings is 1. The number of ether oxygens (including phenoxy) is 1. The highest BCUT2D eigenvalue weighted by molar-refractivity contribution is 5.81. The Bertz CT molecular complexity index is 557. The van der Waals surface area contributed by atoms with E-state index in [1.54, 1.807) is 6.20 Å². The van der Waals surface area contributed by atoms with Gasteiger partial charge in [0.1, 0.15) is 5.75 Å². The molecule has 0 fully saturated rings. The summed E-state index contributed by atoms with van der Waals surface area (Å²) < 4.78 is 5.57. The van der Waals surface area contributed by atoms with Crippen molar-refractivity contribution in [2.45, 2.75) is 19.4 Å². The molecule has 18 heavy (non-hydrogen) atoms. The number of hydrogen-bond donors (Lipinski definition) is 2. The number of rotatable bonds is 4. The van der Waals surface area contributed by atoms with Crippen LogP contribution in [0.4, 0.5) is 0 Å². The van der Waals surface area contributed by atoms with Gasteiger partial charge < -0.3 is 4.74 Å². The monoisotopic (exact) mass is 245 g/mol. The zero-order valence-corrected chi connectivity index (χ0v) is 10.1. The summed E-state index contributed by atoms with van der Waals surface area (Å²) in [6.45, 7) is 1.86. The summed E-state index contributed by atoms with van der Waals surface area (Å²) >= 11 is 0. The Morgan fingerprint density at radius 3 is 3.00 bits per heavy atom. The summed E-state index contributed by atoms with van der Waals surface area (Å²) in [4.78, 5) is 15.7. The van der Waals surface area contributed by atoms with Crippen LogP contribution in [0.5, 0.6) is 5.75 Å². The van der Waals surface area contributed by atoms with Crippen LogP contribution in [0.2, 0.25) is 0 Å².